The van der Waals surface area contributed by atoms with Crippen molar-refractivity contribution in [2.24, 2.45) is 5.41 Å². The number of ether oxygens (including phenoxy) is 4. The first-order valence-electron chi connectivity index (χ1n) is 10.4. The minimum atomic E-state index is -1.35. The van der Waals surface area contributed by atoms with E-state index in [-0.39, 0.29) is 25.4 Å². The number of rotatable bonds is 10. The highest BCUT2D eigenvalue weighted by Crippen LogP contribution is 2.61. The highest BCUT2D eigenvalue weighted by atomic mass is 19.1. The first kappa shape index (κ1) is 23.4. The van der Waals surface area contributed by atoms with Gasteiger partial charge in [-0.3, -0.25) is 9.59 Å². The van der Waals surface area contributed by atoms with Gasteiger partial charge in [-0.2, -0.15) is 0 Å². The van der Waals surface area contributed by atoms with E-state index >= 15 is 0 Å². The summed E-state index contributed by atoms with van der Waals surface area (Å²) in [6.07, 6.45) is 0.599. The third kappa shape index (κ3) is 4.35. The summed E-state index contributed by atoms with van der Waals surface area (Å²) in [5.41, 5.74) is -0.151. The lowest BCUT2D eigenvalue weighted by Crippen LogP contribution is -2.40. The van der Waals surface area contributed by atoms with Crippen LogP contribution in [-0.4, -0.2) is 46.4 Å². The van der Waals surface area contributed by atoms with E-state index in [4.69, 9.17) is 18.9 Å². The molecule has 2 aromatic carbocycles. The molecule has 1 aliphatic carbocycles. The smallest absolute Gasteiger partial charge is 0.322 e. The van der Waals surface area contributed by atoms with Crippen molar-refractivity contribution in [1.82, 2.24) is 5.32 Å². The topological polar surface area (TPSA) is 83.1 Å². The number of benzene rings is 2. The molecular formula is C24H28FNO6. The maximum Gasteiger partial charge on any atom is 0.322 e. The first-order valence-corrected chi connectivity index (χ1v) is 10.4. The molecule has 0 bridgehead atoms. The van der Waals surface area contributed by atoms with E-state index < -0.39 is 23.2 Å². The Morgan fingerprint density at radius 3 is 2.31 bits per heavy atom. The van der Waals surface area contributed by atoms with Crippen LogP contribution in [0.25, 0.3) is 0 Å². The third-order valence-electron chi connectivity index (χ3n) is 5.73. The molecule has 7 nitrogen and oxygen atoms in total. The van der Waals surface area contributed by atoms with Crippen LogP contribution in [0.3, 0.4) is 0 Å². The molecule has 172 valence electrons. The molecule has 2 atom stereocenters. The number of carbonyl (C=O) groups is 2. The van der Waals surface area contributed by atoms with Crippen LogP contribution in [0.4, 0.5) is 4.39 Å². The number of amides is 1. The van der Waals surface area contributed by atoms with E-state index in [1.54, 1.807) is 37.3 Å². The number of hydrogen-bond donors (Lipinski definition) is 1. The quantitative estimate of drug-likeness (QED) is 0.447. The van der Waals surface area contributed by atoms with Crippen LogP contribution in [0.2, 0.25) is 0 Å². The van der Waals surface area contributed by atoms with E-state index in [0.717, 1.165) is 0 Å². The molecule has 0 saturated heterocycles. The lowest BCUT2D eigenvalue weighted by Gasteiger charge is -2.18. The van der Waals surface area contributed by atoms with E-state index in [1.807, 2.05) is 0 Å². The van der Waals surface area contributed by atoms with Gasteiger partial charge in [-0.05, 0) is 49.1 Å². The van der Waals surface area contributed by atoms with Gasteiger partial charge in [0.1, 0.15) is 5.82 Å². The summed E-state index contributed by atoms with van der Waals surface area (Å²) in [4.78, 5) is 26.0. The van der Waals surface area contributed by atoms with E-state index in [2.05, 4.69) is 5.32 Å². The Morgan fingerprint density at radius 1 is 1.09 bits per heavy atom. The summed E-state index contributed by atoms with van der Waals surface area (Å²) >= 11 is 0. The predicted molar refractivity (Wildman–Crippen MR) is 116 cm³/mol. The van der Waals surface area contributed by atoms with Gasteiger partial charge in [-0.25, -0.2) is 4.39 Å². The number of halogens is 1. The van der Waals surface area contributed by atoms with E-state index in [0.29, 0.717) is 34.8 Å². The Balaban J connectivity index is 1.83. The van der Waals surface area contributed by atoms with E-state index in [1.165, 1.54) is 27.4 Å². The van der Waals surface area contributed by atoms with Gasteiger partial charge in [0.15, 0.2) is 16.9 Å². The number of nitrogens with one attached hydrogen (secondary N) is 1. The van der Waals surface area contributed by atoms with E-state index in [9.17, 15) is 14.0 Å². The van der Waals surface area contributed by atoms with Crippen molar-refractivity contribution in [1.29, 1.82) is 0 Å². The summed E-state index contributed by atoms with van der Waals surface area (Å²) < 4.78 is 35.2. The Labute approximate surface area is 186 Å². The van der Waals surface area contributed by atoms with Crippen LogP contribution < -0.4 is 19.5 Å². The maximum absolute atomic E-state index is 13.9. The number of hydrogen-bond acceptors (Lipinski definition) is 6. The fourth-order valence-electron chi connectivity index (χ4n) is 3.97. The molecule has 1 amide bonds. The Morgan fingerprint density at radius 2 is 1.75 bits per heavy atom. The zero-order valence-corrected chi connectivity index (χ0v) is 18.7. The molecular weight excluding hydrogens is 417 g/mol. The van der Waals surface area contributed by atoms with Crippen LogP contribution in [0.1, 0.15) is 30.4 Å². The highest BCUT2D eigenvalue weighted by molar-refractivity contribution is 6.07. The summed E-state index contributed by atoms with van der Waals surface area (Å²) in [6.45, 7) is 2.05. The summed E-state index contributed by atoms with van der Waals surface area (Å²) in [6, 6.07) is 9.86. The zero-order valence-electron chi connectivity index (χ0n) is 18.7. The predicted octanol–water partition coefficient (Wildman–Crippen LogP) is 3.25. The van der Waals surface area contributed by atoms with Crippen LogP contribution in [0.5, 0.6) is 17.2 Å². The second-order valence-electron chi connectivity index (χ2n) is 7.50. The summed E-state index contributed by atoms with van der Waals surface area (Å²) in [5, 5.41) is 2.79. The van der Waals surface area contributed by atoms with Gasteiger partial charge in [0.2, 0.25) is 11.7 Å². The molecule has 0 heterocycles. The molecule has 0 spiro atoms. The SMILES string of the molecule is CCOC(=O)[C@@]1(C(=O)NCCc2ccccc2F)C[C@H]1c1cc(OC)c(OC)c(OC)c1. The van der Waals surface area contributed by atoms with Crippen molar-refractivity contribution in [2.75, 3.05) is 34.5 Å². The molecule has 1 N–H and O–H groups in total. The Hall–Kier alpha value is -3.29. The van der Waals surface area contributed by atoms with Crippen molar-refractivity contribution in [2.45, 2.75) is 25.7 Å². The molecule has 0 radical (unpaired) electrons. The minimum absolute atomic E-state index is 0.158. The number of methoxy groups -OCH3 is 3. The van der Waals surface area contributed by atoms with Crippen molar-refractivity contribution < 1.29 is 32.9 Å². The molecule has 3 rings (SSSR count). The van der Waals surface area contributed by atoms with Gasteiger partial charge in [-0.15, -0.1) is 0 Å². The molecule has 2 aromatic rings. The fraction of sp³-hybridized carbons (Fsp3) is 0.417. The van der Waals surface area contributed by atoms with Gasteiger partial charge in [0, 0.05) is 12.5 Å². The molecule has 1 fully saturated rings. The van der Waals surface area contributed by atoms with Crippen LogP contribution in [0.15, 0.2) is 36.4 Å². The molecule has 32 heavy (non-hydrogen) atoms. The normalized spacial score (nSPS) is 19.1. The largest absolute Gasteiger partial charge is 0.493 e. The van der Waals surface area contributed by atoms with Gasteiger partial charge in [0.25, 0.3) is 0 Å². The van der Waals surface area contributed by atoms with Gasteiger partial charge < -0.3 is 24.3 Å². The second-order valence-corrected chi connectivity index (χ2v) is 7.50. The van der Waals surface area contributed by atoms with Crippen LogP contribution in [0, 0.1) is 11.2 Å². The molecule has 0 unspecified atom stereocenters. The first-order chi connectivity index (χ1) is 15.4. The molecule has 1 aliphatic rings. The second kappa shape index (κ2) is 9.89. The Bertz CT molecular complexity index is 969. The average molecular weight is 445 g/mol. The average Bonchev–Trinajstić information content (AvgIpc) is 3.56. The van der Waals surface area contributed by atoms with Crippen molar-refractivity contribution in [3.8, 4) is 17.2 Å². The Kier molecular flexibility index (Phi) is 7.22. The fourth-order valence-corrected chi connectivity index (χ4v) is 3.97. The minimum Gasteiger partial charge on any atom is -0.493 e. The molecule has 8 heteroatoms. The lowest BCUT2D eigenvalue weighted by atomic mass is 9.97. The molecule has 1 saturated carbocycles. The lowest BCUT2D eigenvalue weighted by molar-refractivity contribution is -0.154. The zero-order chi connectivity index (χ0) is 23.3. The van der Waals surface area contributed by atoms with Gasteiger partial charge in [-0.1, -0.05) is 18.2 Å². The monoisotopic (exact) mass is 445 g/mol. The molecule has 0 aliphatic heterocycles. The third-order valence-corrected chi connectivity index (χ3v) is 5.73. The van der Waals surface area contributed by atoms with Gasteiger partial charge >= 0.3 is 5.97 Å². The summed E-state index contributed by atoms with van der Waals surface area (Å²) in [5.74, 6) is -0.464. The maximum atomic E-state index is 13.9. The highest BCUT2D eigenvalue weighted by Gasteiger charge is 2.67. The van der Waals surface area contributed by atoms with Crippen LogP contribution in [-0.2, 0) is 20.7 Å². The van der Waals surface area contributed by atoms with Gasteiger partial charge in [0.05, 0.1) is 27.9 Å². The van der Waals surface area contributed by atoms with Crippen LogP contribution >= 0.6 is 0 Å². The number of esters is 1. The summed E-state index contributed by atoms with van der Waals surface area (Å²) in [7, 11) is 4.51. The number of carbonyl (C=O) groups excluding carboxylic acids is 2. The molecule has 0 aromatic heterocycles. The standard InChI is InChI=1S/C24H28FNO6/c1-5-32-23(28)24(22(27)26-11-10-15-8-6-7-9-18(15)25)14-17(24)16-12-19(29-2)21(31-4)20(13-16)30-3/h6-9,12-13,17H,5,10-11,14H2,1-4H3,(H,26,27)/t17-,24-/m0/s1. The van der Waals surface area contributed by atoms with Crippen molar-refractivity contribution in [3.63, 3.8) is 0 Å². The van der Waals surface area contributed by atoms with Crippen molar-refractivity contribution in [3.05, 3.63) is 53.3 Å². The van der Waals surface area contributed by atoms with Crippen molar-refractivity contribution >= 4 is 11.9 Å².